The lowest BCUT2D eigenvalue weighted by atomic mass is 10.1. The molecule has 0 fully saturated rings. The molecule has 9 N–H and O–H groups in total. The Labute approximate surface area is 308 Å². The number of carboxylic acid groups (broad SMARTS) is 5. The van der Waals surface area contributed by atoms with E-state index in [1.165, 1.54) is 0 Å². The highest BCUT2D eigenvalue weighted by Crippen LogP contribution is 2.10. The Morgan fingerprint density at radius 2 is 1.21 bits per heavy atom. The Morgan fingerprint density at radius 1 is 0.642 bits per heavy atom. The maximum atomic E-state index is 12.4. The van der Waals surface area contributed by atoms with Crippen LogP contribution in [-0.4, -0.2) is 115 Å². The topological polar surface area (TPSA) is 285 Å². The highest BCUT2D eigenvalue weighted by atomic mass is 16.4. The van der Waals surface area contributed by atoms with Crippen LogP contribution in [0.4, 0.5) is 0 Å². The molecule has 0 aliphatic heterocycles. The summed E-state index contributed by atoms with van der Waals surface area (Å²) in [6.45, 7) is 4.53. The van der Waals surface area contributed by atoms with Crippen molar-refractivity contribution in [3.63, 3.8) is 0 Å². The lowest BCUT2D eigenvalue weighted by Gasteiger charge is -2.22. The van der Waals surface area contributed by atoms with Gasteiger partial charge in [0.2, 0.25) is 11.8 Å². The minimum atomic E-state index is -1.30. The van der Waals surface area contributed by atoms with Crippen LogP contribution in [0.1, 0.15) is 95.6 Å². The molecule has 0 spiro atoms. The molecule has 1 aromatic heterocycles. The van der Waals surface area contributed by atoms with Crippen molar-refractivity contribution in [2.24, 2.45) is 0 Å². The summed E-state index contributed by atoms with van der Waals surface area (Å²) in [6, 6.07) is 2.00. The molecule has 18 heteroatoms. The van der Waals surface area contributed by atoms with Gasteiger partial charge in [-0.2, -0.15) is 0 Å². The molecule has 0 radical (unpaired) electrons. The molecule has 53 heavy (non-hydrogen) atoms. The number of hydrogen-bond donors (Lipinski definition) is 9. The zero-order valence-electron chi connectivity index (χ0n) is 30.0. The Bertz CT molecular complexity index is 1350. The predicted octanol–water partition coefficient (Wildman–Crippen LogP) is 1.76. The molecule has 1 rings (SSSR count). The van der Waals surface area contributed by atoms with Gasteiger partial charge in [-0.1, -0.05) is 25.5 Å². The fourth-order valence-corrected chi connectivity index (χ4v) is 5.29. The average molecular weight is 751 g/mol. The minimum absolute atomic E-state index is 0.0583. The van der Waals surface area contributed by atoms with E-state index in [1.54, 1.807) is 23.2 Å². The Morgan fingerprint density at radius 3 is 1.75 bits per heavy atom. The van der Waals surface area contributed by atoms with Gasteiger partial charge in [-0.25, -0.2) is 14.4 Å². The molecular weight excluding hydrogens is 696 g/mol. The van der Waals surface area contributed by atoms with E-state index >= 15 is 0 Å². The third-order valence-corrected chi connectivity index (χ3v) is 8.06. The van der Waals surface area contributed by atoms with Crippen molar-refractivity contribution in [2.45, 2.75) is 115 Å². The van der Waals surface area contributed by atoms with Crippen LogP contribution in [0.15, 0.2) is 36.8 Å². The lowest BCUT2D eigenvalue weighted by Crippen LogP contribution is -2.45. The van der Waals surface area contributed by atoms with Crippen LogP contribution in [-0.2, 0) is 40.1 Å². The second-order valence-electron chi connectivity index (χ2n) is 12.6. The van der Waals surface area contributed by atoms with Gasteiger partial charge >= 0.3 is 29.8 Å². The summed E-state index contributed by atoms with van der Waals surface area (Å²) < 4.78 is 0. The van der Waals surface area contributed by atoms with E-state index in [9.17, 15) is 54.0 Å². The summed E-state index contributed by atoms with van der Waals surface area (Å²) in [5.74, 6) is -6.36. The molecular formula is C35H54N6O12. The largest absolute Gasteiger partial charge is 0.481 e. The number of pyridine rings is 1. The third kappa shape index (κ3) is 23.0. The second-order valence-corrected chi connectivity index (χ2v) is 12.6. The Balaban J connectivity index is 2.23. The summed E-state index contributed by atoms with van der Waals surface area (Å²) in [6.07, 6.45) is 6.24. The minimum Gasteiger partial charge on any atom is -0.481 e. The highest BCUT2D eigenvalue weighted by Gasteiger charge is 2.23. The molecule has 0 saturated carbocycles. The molecule has 1 unspecified atom stereocenters. The van der Waals surface area contributed by atoms with E-state index in [0.717, 1.165) is 5.69 Å². The summed E-state index contributed by atoms with van der Waals surface area (Å²) >= 11 is 0. The second kappa shape index (κ2) is 26.5. The van der Waals surface area contributed by atoms with Gasteiger partial charge in [0.05, 0.1) is 18.1 Å². The number of aliphatic carboxylic acids is 5. The average Bonchev–Trinajstić information content (AvgIpc) is 3.08. The van der Waals surface area contributed by atoms with Crippen molar-refractivity contribution >= 4 is 41.7 Å². The normalized spacial score (nSPS) is 12.5. The SMILES string of the molecule is C=C(N[C@@H](CCCCNC(=O)CCCCCCC(=O)NC(CCCCN(CC(=O)O)Cc1ccccn1)C(=O)O)C(=O)O)N[C@@H](CCC(=O)O)C(=O)O. The molecule has 18 nitrogen and oxygen atoms in total. The maximum absolute atomic E-state index is 12.4. The van der Waals surface area contributed by atoms with Crippen molar-refractivity contribution in [1.29, 1.82) is 0 Å². The number of carbonyl (C=O) groups is 7. The number of carboxylic acids is 5. The number of amides is 2. The number of aromatic nitrogens is 1. The molecule has 0 aromatic carbocycles. The summed E-state index contributed by atoms with van der Waals surface area (Å²) in [4.78, 5) is 87.1. The van der Waals surface area contributed by atoms with Crippen LogP contribution in [0.5, 0.6) is 0 Å². The van der Waals surface area contributed by atoms with E-state index < -0.39 is 54.4 Å². The van der Waals surface area contributed by atoms with Crippen LogP contribution >= 0.6 is 0 Å². The molecule has 1 heterocycles. The van der Waals surface area contributed by atoms with Crippen LogP contribution in [0, 0.1) is 0 Å². The van der Waals surface area contributed by atoms with Gasteiger partial charge in [0.15, 0.2) is 0 Å². The Hall–Kier alpha value is -5.26. The van der Waals surface area contributed by atoms with E-state index in [0.29, 0.717) is 71.0 Å². The molecule has 0 aliphatic carbocycles. The van der Waals surface area contributed by atoms with Crippen LogP contribution in [0.3, 0.4) is 0 Å². The molecule has 2 amide bonds. The molecule has 0 bridgehead atoms. The van der Waals surface area contributed by atoms with Gasteiger partial charge in [-0.05, 0) is 76.5 Å². The maximum Gasteiger partial charge on any atom is 0.326 e. The first kappa shape index (κ1) is 45.8. The molecule has 0 saturated heterocycles. The third-order valence-electron chi connectivity index (χ3n) is 8.06. The van der Waals surface area contributed by atoms with Crippen molar-refractivity contribution in [3.8, 4) is 0 Å². The smallest absolute Gasteiger partial charge is 0.326 e. The number of rotatable bonds is 32. The number of carbonyl (C=O) groups excluding carboxylic acids is 2. The highest BCUT2D eigenvalue weighted by molar-refractivity contribution is 5.83. The molecule has 3 atom stereocenters. The van der Waals surface area contributed by atoms with Gasteiger partial charge in [-0.15, -0.1) is 0 Å². The summed E-state index contributed by atoms with van der Waals surface area (Å²) in [5, 5.41) is 56.7. The first-order chi connectivity index (χ1) is 25.2. The molecule has 296 valence electrons. The van der Waals surface area contributed by atoms with Crippen LogP contribution < -0.4 is 21.3 Å². The number of hydrogen-bond acceptors (Lipinski definition) is 11. The fraction of sp³-hybridized carbons (Fsp3) is 0.600. The van der Waals surface area contributed by atoms with Gasteiger partial charge in [0.25, 0.3) is 0 Å². The monoisotopic (exact) mass is 750 g/mol. The van der Waals surface area contributed by atoms with Crippen molar-refractivity contribution in [2.75, 3.05) is 19.6 Å². The molecule has 0 aliphatic rings. The van der Waals surface area contributed by atoms with Gasteiger partial charge in [0.1, 0.15) is 18.1 Å². The van der Waals surface area contributed by atoms with Gasteiger partial charge < -0.3 is 46.8 Å². The van der Waals surface area contributed by atoms with Crippen LogP contribution in [0.25, 0.3) is 0 Å². The van der Waals surface area contributed by atoms with E-state index in [4.69, 9.17) is 5.11 Å². The number of nitrogens with one attached hydrogen (secondary N) is 4. The summed E-state index contributed by atoms with van der Waals surface area (Å²) in [5.41, 5.74) is 0.729. The number of nitrogens with zero attached hydrogens (tertiary/aromatic N) is 2. The standard InChI is InChI=1S/C35H54N6O12/c1-24(39-28(35(52)53)17-18-31(44)45)38-26(33(48)49)13-7-10-20-37-29(42)15-4-2-3-5-16-30(43)40-27(34(50)51)14-8-11-21-41(23-32(46)47)22-25-12-6-9-19-36-25/h6,9,12,19,26-28,38-39H,1-5,7-8,10-11,13-18,20-23H2,(H,37,42)(H,40,43)(H,44,45)(H,46,47)(H,48,49)(H,50,51)(H,52,53)/t26-,27?,28-/m0/s1. The Kier molecular flexibility index (Phi) is 22.9. The quantitative estimate of drug-likeness (QED) is 0.0474. The van der Waals surface area contributed by atoms with E-state index in [2.05, 4.69) is 32.8 Å². The first-order valence-electron chi connectivity index (χ1n) is 17.7. The zero-order valence-corrected chi connectivity index (χ0v) is 30.0. The van der Waals surface area contributed by atoms with Crippen molar-refractivity contribution in [3.05, 3.63) is 42.5 Å². The number of unbranched alkanes of at least 4 members (excludes halogenated alkanes) is 5. The van der Waals surface area contributed by atoms with E-state index in [-0.39, 0.29) is 56.3 Å². The molecule has 1 aromatic rings. The zero-order chi connectivity index (χ0) is 39.6. The van der Waals surface area contributed by atoms with Crippen LogP contribution in [0.2, 0.25) is 0 Å². The lowest BCUT2D eigenvalue weighted by molar-refractivity contribution is -0.142. The van der Waals surface area contributed by atoms with Crippen molar-refractivity contribution < 1.29 is 59.1 Å². The van der Waals surface area contributed by atoms with Gasteiger partial charge in [0, 0.05) is 38.5 Å². The van der Waals surface area contributed by atoms with Gasteiger partial charge in [-0.3, -0.25) is 29.1 Å². The van der Waals surface area contributed by atoms with Crippen molar-refractivity contribution in [1.82, 2.24) is 31.2 Å². The fourth-order valence-electron chi connectivity index (χ4n) is 5.29. The van der Waals surface area contributed by atoms with E-state index in [1.807, 2.05) is 6.07 Å². The first-order valence-corrected chi connectivity index (χ1v) is 17.7. The summed E-state index contributed by atoms with van der Waals surface area (Å²) in [7, 11) is 0. The predicted molar refractivity (Wildman–Crippen MR) is 190 cm³/mol.